The molecule has 5 nitrogen and oxygen atoms in total. The summed E-state index contributed by atoms with van der Waals surface area (Å²) in [6, 6.07) is 6.77. The number of para-hydroxylation sites is 1. The van der Waals surface area contributed by atoms with E-state index in [2.05, 4.69) is 11.9 Å². The highest BCUT2D eigenvalue weighted by atomic mass is 16.5. The third-order valence-corrected chi connectivity index (χ3v) is 3.41. The lowest BCUT2D eigenvalue weighted by atomic mass is 10.1. The Balaban J connectivity index is 2.09. The van der Waals surface area contributed by atoms with Crippen molar-refractivity contribution in [2.45, 2.75) is 25.0 Å². The number of carboxylic acid groups (broad SMARTS) is 1. The lowest BCUT2D eigenvalue weighted by molar-refractivity contribution is -0.147. The van der Waals surface area contributed by atoms with Gasteiger partial charge in [-0.1, -0.05) is 18.2 Å². The quantitative estimate of drug-likeness (QED) is 0.858. The number of hydrogen-bond acceptors (Lipinski definition) is 4. The maximum absolute atomic E-state index is 10.9. The van der Waals surface area contributed by atoms with Crippen LogP contribution in [-0.2, 0) is 4.79 Å². The van der Waals surface area contributed by atoms with Crippen LogP contribution in [0.2, 0.25) is 0 Å². The molecule has 1 aromatic carbocycles. The third-order valence-electron chi connectivity index (χ3n) is 3.41. The molecule has 2 N–H and O–H groups in total. The molecule has 1 saturated heterocycles. The minimum atomic E-state index is -1.54. The van der Waals surface area contributed by atoms with Crippen LogP contribution in [0.15, 0.2) is 24.3 Å². The molecule has 1 fully saturated rings. The average molecular weight is 265 g/mol. The van der Waals surface area contributed by atoms with Gasteiger partial charge in [-0.2, -0.15) is 0 Å². The molecule has 1 unspecified atom stereocenters. The number of carboxylic acids is 1. The van der Waals surface area contributed by atoms with Crippen LogP contribution in [0.3, 0.4) is 0 Å². The van der Waals surface area contributed by atoms with Crippen molar-refractivity contribution >= 4 is 5.97 Å². The highest BCUT2D eigenvalue weighted by Crippen LogP contribution is 2.27. The van der Waals surface area contributed by atoms with E-state index in [9.17, 15) is 9.90 Å². The molecule has 0 saturated carbocycles. The zero-order valence-electron chi connectivity index (χ0n) is 11.0. The van der Waals surface area contributed by atoms with E-state index in [1.165, 1.54) is 0 Å². The number of rotatable bonds is 4. The fourth-order valence-electron chi connectivity index (χ4n) is 2.23. The van der Waals surface area contributed by atoms with Crippen LogP contribution >= 0.6 is 0 Å². The van der Waals surface area contributed by atoms with Gasteiger partial charge in [-0.25, -0.2) is 4.79 Å². The molecule has 2 rings (SSSR count). The fourth-order valence-corrected chi connectivity index (χ4v) is 2.23. The van der Waals surface area contributed by atoms with E-state index in [1.807, 2.05) is 0 Å². The Hall–Kier alpha value is -1.59. The van der Waals surface area contributed by atoms with Gasteiger partial charge in [0.2, 0.25) is 0 Å². The van der Waals surface area contributed by atoms with Crippen molar-refractivity contribution in [3.8, 4) is 5.75 Å². The predicted octanol–water partition coefficient (Wildman–Crippen LogP) is 1.28. The number of benzene rings is 1. The number of aliphatic hydroxyl groups excluding tert-OH is 1. The predicted molar refractivity (Wildman–Crippen MR) is 70.2 cm³/mol. The SMILES string of the molecule is CN1CCC(Oc2ccccc2C(O)C(=O)O)CC1. The molecule has 0 bridgehead atoms. The van der Waals surface area contributed by atoms with Gasteiger partial charge in [0.1, 0.15) is 11.9 Å². The molecular formula is C14H19NO4. The fraction of sp³-hybridized carbons (Fsp3) is 0.500. The molecule has 0 radical (unpaired) electrons. The average Bonchev–Trinajstić information content (AvgIpc) is 2.41. The second-order valence-corrected chi connectivity index (χ2v) is 4.90. The monoisotopic (exact) mass is 265 g/mol. The Morgan fingerprint density at radius 2 is 2.00 bits per heavy atom. The van der Waals surface area contributed by atoms with Gasteiger partial charge in [-0.15, -0.1) is 0 Å². The molecule has 19 heavy (non-hydrogen) atoms. The van der Waals surface area contributed by atoms with Gasteiger partial charge in [0.25, 0.3) is 0 Å². The number of piperidine rings is 1. The van der Waals surface area contributed by atoms with Crippen LogP contribution in [-0.4, -0.2) is 47.3 Å². The first-order valence-corrected chi connectivity index (χ1v) is 6.43. The van der Waals surface area contributed by atoms with Gasteiger partial charge in [0.15, 0.2) is 6.10 Å². The largest absolute Gasteiger partial charge is 0.490 e. The number of nitrogens with zero attached hydrogens (tertiary/aromatic N) is 1. The number of carbonyl (C=O) groups is 1. The Morgan fingerprint density at radius 3 is 2.63 bits per heavy atom. The van der Waals surface area contributed by atoms with Crippen molar-refractivity contribution in [1.82, 2.24) is 4.90 Å². The first kappa shape index (κ1) is 13.8. The zero-order chi connectivity index (χ0) is 13.8. The van der Waals surface area contributed by atoms with E-state index in [-0.39, 0.29) is 6.10 Å². The Kier molecular flexibility index (Phi) is 4.39. The molecule has 0 spiro atoms. The summed E-state index contributed by atoms with van der Waals surface area (Å²) in [5.74, 6) is -0.800. The van der Waals surface area contributed by atoms with Crippen LogP contribution in [0.1, 0.15) is 24.5 Å². The summed E-state index contributed by atoms with van der Waals surface area (Å²) < 4.78 is 5.86. The molecule has 0 aromatic heterocycles. The van der Waals surface area contributed by atoms with Crippen LogP contribution < -0.4 is 4.74 Å². The minimum absolute atomic E-state index is 0.0818. The molecule has 1 aliphatic heterocycles. The van der Waals surface area contributed by atoms with Crippen molar-refractivity contribution in [1.29, 1.82) is 0 Å². The molecule has 0 aliphatic carbocycles. The van der Waals surface area contributed by atoms with Crippen LogP contribution in [0.5, 0.6) is 5.75 Å². The summed E-state index contributed by atoms with van der Waals surface area (Å²) in [5.41, 5.74) is 0.314. The molecule has 1 atom stereocenters. The van der Waals surface area contributed by atoms with Gasteiger partial charge in [0, 0.05) is 18.7 Å². The highest BCUT2D eigenvalue weighted by Gasteiger charge is 2.23. The van der Waals surface area contributed by atoms with Crippen molar-refractivity contribution < 1.29 is 19.7 Å². The topological polar surface area (TPSA) is 70.0 Å². The number of ether oxygens (including phenoxy) is 1. The zero-order valence-corrected chi connectivity index (χ0v) is 11.0. The lowest BCUT2D eigenvalue weighted by Crippen LogP contribution is -2.35. The minimum Gasteiger partial charge on any atom is -0.490 e. The number of hydrogen-bond donors (Lipinski definition) is 2. The second kappa shape index (κ2) is 6.04. The molecule has 1 aromatic rings. The van der Waals surface area contributed by atoms with Gasteiger partial charge in [0.05, 0.1) is 0 Å². The Labute approximate surface area is 112 Å². The van der Waals surface area contributed by atoms with E-state index in [4.69, 9.17) is 9.84 Å². The van der Waals surface area contributed by atoms with E-state index in [1.54, 1.807) is 24.3 Å². The van der Waals surface area contributed by atoms with Crippen molar-refractivity contribution in [2.24, 2.45) is 0 Å². The Morgan fingerprint density at radius 1 is 1.37 bits per heavy atom. The molecule has 104 valence electrons. The molecule has 1 heterocycles. The number of aliphatic hydroxyl groups is 1. The molecule has 1 aliphatic rings. The van der Waals surface area contributed by atoms with Crippen LogP contribution in [0.4, 0.5) is 0 Å². The smallest absolute Gasteiger partial charge is 0.337 e. The summed E-state index contributed by atoms with van der Waals surface area (Å²) in [5, 5.41) is 18.6. The van der Waals surface area contributed by atoms with Gasteiger partial charge in [-0.3, -0.25) is 0 Å². The first-order valence-electron chi connectivity index (χ1n) is 6.43. The highest BCUT2D eigenvalue weighted by molar-refractivity contribution is 5.75. The summed E-state index contributed by atoms with van der Waals surface area (Å²) >= 11 is 0. The van der Waals surface area contributed by atoms with Gasteiger partial charge >= 0.3 is 5.97 Å². The van der Waals surface area contributed by atoms with E-state index < -0.39 is 12.1 Å². The number of likely N-dealkylation sites (tertiary alicyclic amines) is 1. The van der Waals surface area contributed by atoms with Gasteiger partial charge < -0.3 is 19.8 Å². The van der Waals surface area contributed by atoms with Gasteiger partial charge in [-0.05, 0) is 26.0 Å². The maximum Gasteiger partial charge on any atom is 0.337 e. The summed E-state index contributed by atoms with van der Waals surface area (Å²) in [6.07, 6.45) is 0.364. The maximum atomic E-state index is 10.9. The normalized spacial score (nSPS) is 19.1. The van der Waals surface area contributed by atoms with E-state index >= 15 is 0 Å². The standard InChI is InChI=1S/C14H19NO4/c1-15-8-6-10(7-9-15)19-12-5-3-2-4-11(12)13(16)14(17)18/h2-5,10,13,16H,6-9H2,1H3,(H,17,18). The molecule has 5 heteroatoms. The van der Waals surface area contributed by atoms with Crippen LogP contribution in [0, 0.1) is 0 Å². The van der Waals surface area contributed by atoms with Crippen molar-refractivity contribution in [3.63, 3.8) is 0 Å². The molecular weight excluding hydrogens is 246 g/mol. The van der Waals surface area contributed by atoms with Crippen molar-refractivity contribution in [3.05, 3.63) is 29.8 Å². The van der Waals surface area contributed by atoms with E-state index in [0.717, 1.165) is 25.9 Å². The number of aliphatic carboxylic acids is 1. The van der Waals surface area contributed by atoms with Crippen LogP contribution in [0.25, 0.3) is 0 Å². The first-order chi connectivity index (χ1) is 9.08. The lowest BCUT2D eigenvalue weighted by Gasteiger charge is -2.30. The summed E-state index contributed by atoms with van der Waals surface area (Å²) in [6.45, 7) is 1.93. The van der Waals surface area contributed by atoms with Crippen molar-refractivity contribution in [2.75, 3.05) is 20.1 Å². The van der Waals surface area contributed by atoms with E-state index in [0.29, 0.717) is 11.3 Å². The third kappa shape index (κ3) is 3.45. The summed E-state index contributed by atoms with van der Waals surface area (Å²) in [4.78, 5) is 13.1. The summed E-state index contributed by atoms with van der Waals surface area (Å²) in [7, 11) is 2.07. The second-order valence-electron chi connectivity index (χ2n) is 4.90. The Bertz CT molecular complexity index is 441. The molecule has 0 amide bonds.